The first-order valence-corrected chi connectivity index (χ1v) is 16.4. The number of benzene rings is 8. The van der Waals surface area contributed by atoms with Gasteiger partial charge < -0.3 is 8.98 Å². The SMILES string of the molecule is c1ccc(-c2cccc3c2oc2ccccc23)c(-c2ccccc2-n2c3ccccc3c3c(-c4ccc5ccccc5c4)cccc32)c1. The maximum Gasteiger partial charge on any atom is 0.143 e. The molecular weight excluding hydrogens is 583 g/mol. The highest BCUT2D eigenvalue weighted by molar-refractivity contribution is 6.17. The molecule has 0 fully saturated rings. The summed E-state index contributed by atoms with van der Waals surface area (Å²) >= 11 is 0. The van der Waals surface area contributed by atoms with E-state index >= 15 is 0 Å². The first-order valence-electron chi connectivity index (χ1n) is 16.4. The molecule has 8 aromatic carbocycles. The number of hydrogen-bond acceptors (Lipinski definition) is 1. The van der Waals surface area contributed by atoms with E-state index in [1.54, 1.807) is 0 Å². The molecule has 0 bridgehead atoms. The van der Waals surface area contributed by atoms with Crippen molar-refractivity contribution in [2.45, 2.75) is 0 Å². The van der Waals surface area contributed by atoms with E-state index in [-0.39, 0.29) is 0 Å². The average molecular weight is 612 g/mol. The normalized spacial score (nSPS) is 11.8. The van der Waals surface area contributed by atoms with Crippen molar-refractivity contribution in [1.29, 1.82) is 0 Å². The van der Waals surface area contributed by atoms with Gasteiger partial charge in [0.2, 0.25) is 0 Å². The summed E-state index contributed by atoms with van der Waals surface area (Å²) in [7, 11) is 0. The standard InChI is InChI=1S/C46H29NO/c1-2-14-31-29-32(28-27-30(31)13-1)33-20-12-25-43-45(33)40-19-6-9-24-42(40)47(43)41-23-8-5-17-36(41)34-15-3-4-16-35(34)38-21-11-22-39-37-18-7-10-26-44(37)48-46(38)39/h1-29H. The van der Waals surface area contributed by atoms with E-state index in [0.29, 0.717) is 0 Å². The van der Waals surface area contributed by atoms with Crippen LogP contribution in [0.5, 0.6) is 0 Å². The predicted octanol–water partition coefficient (Wildman–Crippen LogP) is 12.8. The molecule has 0 saturated carbocycles. The molecule has 0 spiro atoms. The number of furan rings is 1. The third kappa shape index (κ3) is 4.00. The molecule has 10 rings (SSSR count). The van der Waals surface area contributed by atoms with Crippen LogP contribution < -0.4 is 0 Å². The molecule has 0 N–H and O–H groups in total. The van der Waals surface area contributed by atoms with Crippen molar-refractivity contribution in [3.05, 3.63) is 176 Å². The lowest BCUT2D eigenvalue weighted by Crippen LogP contribution is -1.98. The number of rotatable bonds is 4. The lowest BCUT2D eigenvalue weighted by atomic mass is 9.92. The summed E-state index contributed by atoms with van der Waals surface area (Å²) < 4.78 is 8.97. The van der Waals surface area contributed by atoms with E-state index in [4.69, 9.17) is 4.42 Å². The summed E-state index contributed by atoms with van der Waals surface area (Å²) in [6.45, 7) is 0. The van der Waals surface area contributed by atoms with Gasteiger partial charge in [0.15, 0.2) is 0 Å². The summed E-state index contributed by atoms with van der Waals surface area (Å²) in [4.78, 5) is 0. The molecule has 2 heterocycles. The van der Waals surface area contributed by atoms with E-state index in [1.165, 1.54) is 49.3 Å². The van der Waals surface area contributed by atoms with Crippen LogP contribution in [-0.4, -0.2) is 4.57 Å². The fourth-order valence-corrected chi connectivity index (χ4v) is 7.68. The zero-order valence-corrected chi connectivity index (χ0v) is 26.1. The Balaban J connectivity index is 1.23. The number of fused-ring (bicyclic) bond motifs is 7. The van der Waals surface area contributed by atoms with Crippen molar-refractivity contribution in [3.63, 3.8) is 0 Å². The monoisotopic (exact) mass is 611 g/mol. The third-order valence-corrected chi connectivity index (χ3v) is 9.81. The summed E-state index contributed by atoms with van der Waals surface area (Å²) in [6.07, 6.45) is 0. The molecular formula is C46H29NO. The van der Waals surface area contributed by atoms with Crippen LogP contribution >= 0.6 is 0 Å². The summed E-state index contributed by atoms with van der Waals surface area (Å²) in [6, 6.07) is 63.2. The largest absolute Gasteiger partial charge is 0.455 e. The maximum atomic E-state index is 6.52. The van der Waals surface area contributed by atoms with Crippen molar-refractivity contribution >= 4 is 54.5 Å². The molecule has 0 unspecified atom stereocenters. The average Bonchev–Trinajstić information content (AvgIpc) is 3.71. The molecule has 0 aliphatic rings. The van der Waals surface area contributed by atoms with E-state index in [0.717, 1.165) is 44.3 Å². The van der Waals surface area contributed by atoms with Crippen LogP contribution in [0.2, 0.25) is 0 Å². The zero-order chi connectivity index (χ0) is 31.6. The second kappa shape index (κ2) is 10.6. The first-order chi connectivity index (χ1) is 23.8. The van der Waals surface area contributed by atoms with Gasteiger partial charge in [-0.1, -0.05) is 146 Å². The number of hydrogen-bond donors (Lipinski definition) is 0. The number of nitrogens with zero attached hydrogens (tertiary/aromatic N) is 1. The zero-order valence-electron chi connectivity index (χ0n) is 26.1. The molecule has 2 aromatic heterocycles. The second-order valence-electron chi connectivity index (χ2n) is 12.5. The van der Waals surface area contributed by atoms with Gasteiger partial charge in [-0.25, -0.2) is 0 Å². The van der Waals surface area contributed by atoms with Gasteiger partial charge in [0.1, 0.15) is 11.2 Å². The Morgan fingerprint density at radius 1 is 0.375 bits per heavy atom. The van der Waals surface area contributed by atoms with Gasteiger partial charge in [0, 0.05) is 32.7 Å². The Kier molecular flexibility index (Phi) is 5.91. The topological polar surface area (TPSA) is 18.1 Å². The fourth-order valence-electron chi connectivity index (χ4n) is 7.68. The van der Waals surface area contributed by atoms with Crippen LogP contribution in [-0.2, 0) is 0 Å². The van der Waals surface area contributed by atoms with E-state index in [9.17, 15) is 0 Å². The Labute approximate surface area is 277 Å². The van der Waals surface area contributed by atoms with Crippen LogP contribution in [0.4, 0.5) is 0 Å². The van der Waals surface area contributed by atoms with Crippen LogP contribution in [0.15, 0.2) is 180 Å². The molecule has 0 atom stereocenters. The quantitative estimate of drug-likeness (QED) is 0.194. The molecule has 2 heteroatoms. The first kappa shape index (κ1) is 26.8. The molecule has 0 aliphatic heterocycles. The highest BCUT2D eigenvalue weighted by Gasteiger charge is 2.21. The molecule has 48 heavy (non-hydrogen) atoms. The van der Waals surface area contributed by atoms with Crippen LogP contribution in [0.25, 0.3) is 93.6 Å². The van der Waals surface area contributed by atoms with Gasteiger partial charge >= 0.3 is 0 Å². The minimum atomic E-state index is 0.908. The Hall–Kier alpha value is -6.38. The van der Waals surface area contributed by atoms with Gasteiger partial charge in [-0.05, 0) is 63.4 Å². The molecule has 0 saturated heterocycles. The van der Waals surface area contributed by atoms with E-state index in [2.05, 4.69) is 174 Å². The second-order valence-corrected chi connectivity index (χ2v) is 12.5. The third-order valence-electron chi connectivity index (χ3n) is 9.81. The van der Waals surface area contributed by atoms with Crippen molar-refractivity contribution in [1.82, 2.24) is 4.57 Å². The molecule has 2 nitrogen and oxygen atoms in total. The van der Waals surface area contributed by atoms with Gasteiger partial charge in [-0.15, -0.1) is 0 Å². The van der Waals surface area contributed by atoms with Crippen LogP contribution in [0.3, 0.4) is 0 Å². The van der Waals surface area contributed by atoms with Crippen LogP contribution in [0, 0.1) is 0 Å². The summed E-state index contributed by atoms with van der Waals surface area (Å²) in [5.41, 5.74) is 12.4. The summed E-state index contributed by atoms with van der Waals surface area (Å²) in [5, 5.41) is 7.28. The van der Waals surface area contributed by atoms with E-state index < -0.39 is 0 Å². The Morgan fingerprint density at radius 2 is 0.979 bits per heavy atom. The van der Waals surface area contributed by atoms with Crippen LogP contribution in [0.1, 0.15) is 0 Å². The van der Waals surface area contributed by atoms with Crippen molar-refractivity contribution in [3.8, 4) is 39.1 Å². The molecule has 0 amide bonds. The minimum absolute atomic E-state index is 0.908. The molecule has 224 valence electrons. The fraction of sp³-hybridized carbons (Fsp3) is 0. The molecule has 0 radical (unpaired) electrons. The summed E-state index contributed by atoms with van der Waals surface area (Å²) in [5.74, 6) is 0. The van der Waals surface area contributed by atoms with E-state index in [1.807, 2.05) is 6.07 Å². The lowest BCUT2D eigenvalue weighted by Gasteiger charge is -2.17. The van der Waals surface area contributed by atoms with Crippen molar-refractivity contribution in [2.24, 2.45) is 0 Å². The molecule has 10 aromatic rings. The Morgan fingerprint density at radius 3 is 1.88 bits per heavy atom. The number of aromatic nitrogens is 1. The number of para-hydroxylation sites is 4. The Bertz CT molecular complexity index is 2850. The van der Waals surface area contributed by atoms with Gasteiger partial charge in [-0.2, -0.15) is 0 Å². The van der Waals surface area contributed by atoms with Gasteiger partial charge in [-0.3, -0.25) is 0 Å². The molecule has 0 aliphatic carbocycles. The smallest absolute Gasteiger partial charge is 0.143 e. The van der Waals surface area contributed by atoms with Crippen molar-refractivity contribution < 1.29 is 4.42 Å². The lowest BCUT2D eigenvalue weighted by molar-refractivity contribution is 0.670. The highest BCUT2D eigenvalue weighted by atomic mass is 16.3. The van der Waals surface area contributed by atoms with Gasteiger partial charge in [0.05, 0.1) is 16.7 Å². The highest BCUT2D eigenvalue weighted by Crippen LogP contribution is 2.44. The predicted molar refractivity (Wildman–Crippen MR) is 202 cm³/mol. The van der Waals surface area contributed by atoms with Gasteiger partial charge in [0.25, 0.3) is 0 Å². The minimum Gasteiger partial charge on any atom is -0.455 e. The van der Waals surface area contributed by atoms with Crippen molar-refractivity contribution in [2.75, 3.05) is 0 Å². The maximum absolute atomic E-state index is 6.52.